The van der Waals surface area contributed by atoms with Crippen LogP contribution in [0.15, 0.2) is 4.52 Å². The van der Waals surface area contributed by atoms with Gasteiger partial charge in [-0.05, 0) is 46.3 Å². The second-order valence-electron chi connectivity index (χ2n) is 6.09. The number of likely N-dealkylation sites (tertiary alicyclic amines) is 1. The van der Waals surface area contributed by atoms with Gasteiger partial charge in [0, 0.05) is 19.1 Å². The SMILES string of the molecule is CN(C)C1CCN(C(=O)c2noc(C3CCCN3)n2)CC1. The molecule has 1 aromatic rings. The lowest BCUT2D eigenvalue weighted by molar-refractivity contribution is 0.0648. The fourth-order valence-corrected chi connectivity index (χ4v) is 3.09. The highest BCUT2D eigenvalue weighted by molar-refractivity contribution is 5.90. The van der Waals surface area contributed by atoms with Gasteiger partial charge in [0.05, 0.1) is 6.04 Å². The molecule has 1 amide bonds. The third-order valence-corrected chi connectivity index (χ3v) is 4.47. The summed E-state index contributed by atoms with van der Waals surface area (Å²) in [7, 11) is 4.17. The highest BCUT2D eigenvalue weighted by atomic mass is 16.5. The number of rotatable bonds is 3. The molecular weight excluding hydrogens is 270 g/mol. The van der Waals surface area contributed by atoms with E-state index in [1.165, 1.54) is 0 Å². The molecule has 2 saturated heterocycles. The van der Waals surface area contributed by atoms with E-state index in [4.69, 9.17) is 4.52 Å². The van der Waals surface area contributed by atoms with Gasteiger partial charge in [-0.2, -0.15) is 4.98 Å². The molecule has 0 spiro atoms. The van der Waals surface area contributed by atoms with Gasteiger partial charge in [-0.3, -0.25) is 4.79 Å². The predicted molar refractivity (Wildman–Crippen MR) is 76.9 cm³/mol. The first-order chi connectivity index (χ1) is 10.1. The molecule has 0 bridgehead atoms. The van der Waals surface area contributed by atoms with Crippen LogP contribution in [0, 0.1) is 0 Å². The monoisotopic (exact) mass is 293 g/mol. The number of piperidine rings is 1. The lowest BCUT2D eigenvalue weighted by atomic mass is 10.0. The Morgan fingerprint density at radius 3 is 2.71 bits per heavy atom. The minimum absolute atomic E-state index is 0.110. The molecule has 1 aromatic heterocycles. The molecule has 1 unspecified atom stereocenters. The van der Waals surface area contributed by atoms with Crippen LogP contribution in [-0.4, -0.2) is 65.6 Å². The van der Waals surface area contributed by atoms with Gasteiger partial charge < -0.3 is 19.6 Å². The van der Waals surface area contributed by atoms with E-state index in [1.807, 2.05) is 4.90 Å². The number of nitrogens with one attached hydrogen (secondary N) is 1. The summed E-state index contributed by atoms with van der Waals surface area (Å²) in [4.78, 5) is 20.7. The van der Waals surface area contributed by atoms with Crippen LogP contribution in [0.5, 0.6) is 0 Å². The summed E-state index contributed by atoms with van der Waals surface area (Å²) < 4.78 is 5.24. The smallest absolute Gasteiger partial charge is 0.295 e. The summed E-state index contributed by atoms with van der Waals surface area (Å²) >= 11 is 0. The van der Waals surface area contributed by atoms with Gasteiger partial charge in [0.25, 0.3) is 11.7 Å². The first kappa shape index (κ1) is 14.5. The largest absolute Gasteiger partial charge is 0.337 e. The minimum Gasteiger partial charge on any atom is -0.337 e. The Morgan fingerprint density at radius 1 is 1.33 bits per heavy atom. The Bertz CT molecular complexity index is 487. The zero-order valence-corrected chi connectivity index (χ0v) is 12.7. The van der Waals surface area contributed by atoms with Gasteiger partial charge in [0.1, 0.15) is 0 Å². The highest BCUT2D eigenvalue weighted by Crippen LogP contribution is 2.22. The molecule has 0 aliphatic carbocycles. The van der Waals surface area contributed by atoms with Crippen molar-refractivity contribution in [2.45, 2.75) is 37.8 Å². The van der Waals surface area contributed by atoms with E-state index in [1.54, 1.807) is 0 Å². The molecule has 2 fully saturated rings. The van der Waals surface area contributed by atoms with Crippen molar-refractivity contribution in [3.8, 4) is 0 Å². The molecule has 0 radical (unpaired) electrons. The molecule has 1 atom stereocenters. The summed E-state index contributed by atoms with van der Waals surface area (Å²) in [6.45, 7) is 2.48. The Balaban J connectivity index is 1.60. The summed E-state index contributed by atoms with van der Waals surface area (Å²) in [5.41, 5.74) is 0. The Hall–Kier alpha value is -1.47. The van der Waals surface area contributed by atoms with Crippen molar-refractivity contribution in [2.24, 2.45) is 0 Å². The first-order valence-corrected chi connectivity index (χ1v) is 7.68. The van der Waals surface area contributed by atoms with E-state index in [0.29, 0.717) is 11.9 Å². The number of carbonyl (C=O) groups excluding carboxylic acids is 1. The third-order valence-electron chi connectivity index (χ3n) is 4.47. The molecule has 7 nitrogen and oxygen atoms in total. The standard InChI is InChI=1S/C14H23N5O2/c1-18(2)10-5-8-19(9-6-10)14(20)12-16-13(21-17-12)11-4-3-7-15-11/h10-11,15H,3-9H2,1-2H3. The van der Waals surface area contributed by atoms with Gasteiger partial charge in [-0.1, -0.05) is 5.16 Å². The molecule has 1 N–H and O–H groups in total. The zero-order chi connectivity index (χ0) is 14.8. The predicted octanol–water partition coefficient (Wildman–Crippen LogP) is 0.660. The van der Waals surface area contributed by atoms with E-state index in [9.17, 15) is 4.79 Å². The maximum Gasteiger partial charge on any atom is 0.295 e. The van der Waals surface area contributed by atoms with Crippen molar-refractivity contribution in [1.82, 2.24) is 25.3 Å². The minimum atomic E-state index is -0.111. The van der Waals surface area contributed by atoms with E-state index in [0.717, 1.165) is 45.3 Å². The van der Waals surface area contributed by atoms with Gasteiger partial charge in [-0.25, -0.2) is 0 Å². The quantitative estimate of drug-likeness (QED) is 0.882. The van der Waals surface area contributed by atoms with Crippen molar-refractivity contribution < 1.29 is 9.32 Å². The topological polar surface area (TPSA) is 74.5 Å². The maximum absolute atomic E-state index is 12.4. The summed E-state index contributed by atoms with van der Waals surface area (Å²) in [6.07, 6.45) is 4.08. The van der Waals surface area contributed by atoms with E-state index in [-0.39, 0.29) is 17.8 Å². The number of hydrogen-bond acceptors (Lipinski definition) is 6. The fourth-order valence-electron chi connectivity index (χ4n) is 3.09. The lowest BCUT2D eigenvalue weighted by Gasteiger charge is -2.34. The van der Waals surface area contributed by atoms with Crippen LogP contribution >= 0.6 is 0 Å². The maximum atomic E-state index is 12.4. The molecule has 0 saturated carbocycles. The van der Waals surface area contributed by atoms with Crippen LogP contribution < -0.4 is 5.32 Å². The number of aromatic nitrogens is 2. The summed E-state index contributed by atoms with van der Waals surface area (Å²) in [5.74, 6) is 0.626. The van der Waals surface area contributed by atoms with Crippen molar-refractivity contribution in [2.75, 3.05) is 33.7 Å². The summed E-state index contributed by atoms with van der Waals surface area (Å²) in [6, 6.07) is 0.663. The fraction of sp³-hybridized carbons (Fsp3) is 0.786. The molecule has 2 aliphatic rings. The van der Waals surface area contributed by atoms with Crippen LogP contribution in [0.3, 0.4) is 0 Å². The molecular formula is C14H23N5O2. The van der Waals surface area contributed by atoms with Crippen LogP contribution in [0.1, 0.15) is 48.2 Å². The van der Waals surface area contributed by atoms with Crippen molar-refractivity contribution in [3.63, 3.8) is 0 Å². The molecule has 21 heavy (non-hydrogen) atoms. The van der Waals surface area contributed by atoms with Crippen LogP contribution in [0.25, 0.3) is 0 Å². The van der Waals surface area contributed by atoms with E-state index in [2.05, 4.69) is 34.5 Å². The molecule has 0 aromatic carbocycles. The first-order valence-electron chi connectivity index (χ1n) is 7.68. The average molecular weight is 293 g/mol. The molecule has 3 rings (SSSR count). The van der Waals surface area contributed by atoms with Gasteiger partial charge in [0.15, 0.2) is 0 Å². The zero-order valence-electron chi connectivity index (χ0n) is 12.7. The molecule has 116 valence electrons. The lowest BCUT2D eigenvalue weighted by Crippen LogP contribution is -2.44. The Morgan fingerprint density at radius 2 is 2.10 bits per heavy atom. The Labute approximate surface area is 124 Å². The molecule has 2 aliphatic heterocycles. The molecule has 7 heteroatoms. The third kappa shape index (κ3) is 3.08. The summed E-state index contributed by atoms with van der Waals surface area (Å²) in [5, 5.41) is 7.16. The number of hydrogen-bond donors (Lipinski definition) is 1. The van der Waals surface area contributed by atoms with Gasteiger partial charge in [0.2, 0.25) is 5.89 Å². The van der Waals surface area contributed by atoms with Crippen LogP contribution in [0.4, 0.5) is 0 Å². The Kier molecular flexibility index (Phi) is 4.21. The van der Waals surface area contributed by atoms with Crippen molar-refractivity contribution in [1.29, 1.82) is 0 Å². The van der Waals surface area contributed by atoms with Gasteiger partial charge in [-0.15, -0.1) is 0 Å². The average Bonchev–Trinajstić information content (AvgIpc) is 3.17. The van der Waals surface area contributed by atoms with E-state index >= 15 is 0 Å². The number of carbonyl (C=O) groups is 1. The highest BCUT2D eigenvalue weighted by Gasteiger charge is 2.29. The normalized spacial score (nSPS) is 24.0. The van der Waals surface area contributed by atoms with Crippen molar-refractivity contribution >= 4 is 5.91 Å². The van der Waals surface area contributed by atoms with Crippen LogP contribution in [0.2, 0.25) is 0 Å². The number of amides is 1. The second kappa shape index (κ2) is 6.11. The number of nitrogens with zero attached hydrogens (tertiary/aromatic N) is 4. The second-order valence-corrected chi connectivity index (χ2v) is 6.09. The van der Waals surface area contributed by atoms with Crippen LogP contribution in [-0.2, 0) is 0 Å². The molecule has 3 heterocycles. The van der Waals surface area contributed by atoms with Crippen molar-refractivity contribution in [3.05, 3.63) is 11.7 Å². The van der Waals surface area contributed by atoms with E-state index < -0.39 is 0 Å². The van der Waals surface area contributed by atoms with Gasteiger partial charge >= 0.3 is 0 Å².